The van der Waals surface area contributed by atoms with Gasteiger partial charge in [-0.25, -0.2) is 13.7 Å². The smallest absolute Gasteiger partial charge is 0.274 e. The minimum Gasteiger partial charge on any atom is -0.321 e. The molecule has 1 amide bonds. The number of amides is 1. The first-order valence-corrected chi connectivity index (χ1v) is 10.2. The molecule has 0 saturated carbocycles. The van der Waals surface area contributed by atoms with Crippen LogP contribution in [0.1, 0.15) is 23.0 Å². The quantitative estimate of drug-likeness (QED) is 0.703. The molecule has 1 aromatic heterocycles. The summed E-state index contributed by atoms with van der Waals surface area (Å²) in [4.78, 5) is 16.4. The number of benzene rings is 1. The second-order valence-corrected chi connectivity index (χ2v) is 8.99. The molecule has 150 valence electrons. The first kappa shape index (κ1) is 20.8. The van der Waals surface area contributed by atoms with Gasteiger partial charge in [0.25, 0.3) is 5.91 Å². The van der Waals surface area contributed by atoms with Crippen molar-refractivity contribution < 1.29 is 9.18 Å². The van der Waals surface area contributed by atoms with Crippen molar-refractivity contribution in [1.82, 2.24) is 14.6 Å². The molecule has 3 rings (SSSR count). The van der Waals surface area contributed by atoms with Crippen molar-refractivity contribution in [3.8, 4) is 0 Å². The fourth-order valence-corrected chi connectivity index (χ4v) is 4.80. The van der Waals surface area contributed by atoms with E-state index in [2.05, 4.69) is 20.0 Å². The molecule has 3 atom stereocenters. The van der Waals surface area contributed by atoms with E-state index in [1.807, 2.05) is 18.3 Å². The number of hydrogen-bond acceptors (Lipinski definition) is 5. The van der Waals surface area contributed by atoms with Gasteiger partial charge >= 0.3 is 0 Å². The predicted octanol–water partition coefficient (Wildman–Crippen LogP) is 2.47. The second-order valence-electron chi connectivity index (χ2n) is 6.64. The molecule has 0 aliphatic carbocycles. The molecule has 0 bridgehead atoms. The number of nitrogens with one attached hydrogen (secondary N) is 2. The number of rotatable bonds is 3. The molecule has 1 aliphatic heterocycles. The van der Waals surface area contributed by atoms with Crippen molar-refractivity contribution in [2.45, 2.75) is 18.8 Å². The topological polar surface area (TPSA) is 95.6 Å². The third-order valence-electron chi connectivity index (χ3n) is 4.60. The normalized spacial score (nSPS) is 25.6. The lowest BCUT2D eigenvalue weighted by Gasteiger charge is -2.44. The van der Waals surface area contributed by atoms with Crippen LogP contribution in [0.25, 0.3) is 0 Å². The van der Waals surface area contributed by atoms with E-state index in [4.69, 9.17) is 17.3 Å². The van der Waals surface area contributed by atoms with Gasteiger partial charge in [0.05, 0.1) is 10.6 Å². The molecule has 1 fully saturated rings. The van der Waals surface area contributed by atoms with Crippen LogP contribution in [0.15, 0.2) is 40.9 Å². The summed E-state index contributed by atoms with van der Waals surface area (Å²) in [7, 11) is 3.14. The highest BCUT2D eigenvalue weighted by Gasteiger charge is 2.39. The summed E-state index contributed by atoms with van der Waals surface area (Å²) in [5.74, 6) is -0.231. The summed E-state index contributed by atoms with van der Waals surface area (Å²) < 4.78 is 21.0. The minimum absolute atomic E-state index is 0.215. The molecule has 2 aromatic rings. The zero-order chi connectivity index (χ0) is 20.5. The number of pyridine rings is 1. The van der Waals surface area contributed by atoms with E-state index in [1.54, 1.807) is 19.2 Å². The molecule has 1 aliphatic rings. The molecule has 1 saturated heterocycles. The maximum Gasteiger partial charge on any atom is 0.274 e. The van der Waals surface area contributed by atoms with Crippen LogP contribution in [0, 0.1) is 5.82 Å². The van der Waals surface area contributed by atoms with E-state index >= 15 is 0 Å². The Morgan fingerprint density at radius 2 is 2.25 bits per heavy atom. The zero-order valence-corrected chi connectivity index (χ0v) is 17.3. The number of carbonyl (C=O) groups is 1. The van der Waals surface area contributed by atoms with E-state index in [0.29, 0.717) is 22.0 Å². The van der Waals surface area contributed by atoms with Crippen molar-refractivity contribution in [3.05, 3.63) is 58.6 Å². The highest BCUT2D eigenvalue weighted by atomic mass is 35.5. The fraction of sp³-hybridized carbons (Fsp3) is 0.333. The van der Waals surface area contributed by atoms with Crippen LogP contribution in [-0.4, -0.2) is 41.3 Å². The summed E-state index contributed by atoms with van der Waals surface area (Å²) >= 11 is 5.80. The molecule has 1 unspecified atom stereocenters. The molecule has 2 heterocycles. The van der Waals surface area contributed by atoms with E-state index in [9.17, 15) is 9.18 Å². The first-order chi connectivity index (χ1) is 13.2. The Morgan fingerprint density at radius 3 is 2.89 bits per heavy atom. The molecule has 28 heavy (non-hydrogen) atoms. The Balaban J connectivity index is 1.89. The third-order valence-corrected chi connectivity index (χ3v) is 6.97. The predicted molar refractivity (Wildman–Crippen MR) is 110 cm³/mol. The van der Waals surface area contributed by atoms with Gasteiger partial charge in [0, 0.05) is 37.3 Å². The molecular formula is C18H22ClFN6OS. The summed E-state index contributed by atoms with van der Waals surface area (Å²) in [5, 5.41) is 6.44. The number of nitrogens with two attached hydrogens (primary N) is 1. The lowest BCUT2D eigenvalue weighted by molar-refractivity contribution is 0.102. The van der Waals surface area contributed by atoms with Crippen molar-refractivity contribution in [3.63, 3.8) is 0 Å². The van der Waals surface area contributed by atoms with E-state index in [0.717, 1.165) is 0 Å². The van der Waals surface area contributed by atoms with E-state index < -0.39 is 28.6 Å². The Bertz CT molecular complexity index is 925. The van der Waals surface area contributed by atoms with Crippen LogP contribution in [0.3, 0.4) is 0 Å². The number of halogens is 2. The van der Waals surface area contributed by atoms with Crippen LogP contribution in [0.2, 0.25) is 5.02 Å². The van der Waals surface area contributed by atoms with Gasteiger partial charge in [0.15, 0.2) is 0 Å². The Hall–Kier alpha value is -1.91. The van der Waals surface area contributed by atoms with Crippen LogP contribution >= 0.6 is 11.6 Å². The fourth-order valence-electron chi connectivity index (χ4n) is 3.03. The van der Waals surface area contributed by atoms with Gasteiger partial charge in [0.1, 0.15) is 17.8 Å². The largest absolute Gasteiger partial charge is 0.321 e. The zero-order valence-electron chi connectivity index (χ0n) is 15.7. The monoisotopic (exact) mass is 424 g/mol. The van der Waals surface area contributed by atoms with Gasteiger partial charge in [-0.15, -0.1) is 0 Å². The molecule has 10 heteroatoms. The number of hydrogen-bond donors (Lipinski definition) is 3. The van der Waals surface area contributed by atoms with Crippen LogP contribution in [0.5, 0.6) is 0 Å². The van der Waals surface area contributed by atoms with Crippen LogP contribution < -0.4 is 16.4 Å². The van der Waals surface area contributed by atoms with E-state index in [1.165, 1.54) is 24.4 Å². The highest BCUT2D eigenvalue weighted by molar-refractivity contribution is 7.85. The lowest BCUT2D eigenvalue weighted by Crippen LogP contribution is -2.65. The number of nitrogens with zero attached hydrogens (tertiary/aromatic N) is 3. The average molecular weight is 425 g/mol. The number of aromatic nitrogens is 1. The Morgan fingerprint density at radius 1 is 1.50 bits per heavy atom. The SMILES string of the molecule is CN=[S@]1C[C@@](C)(c2cc(NC(=O)c3ccc(Cl)cn3)ccc2F)NC(N)N1C. The van der Waals surface area contributed by atoms with E-state index in [-0.39, 0.29) is 11.5 Å². The van der Waals surface area contributed by atoms with Gasteiger partial charge in [-0.3, -0.25) is 14.5 Å². The van der Waals surface area contributed by atoms with Crippen molar-refractivity contribution in [2.24, 2.45) is 10.1 Å². The van der Waals surface area contributed by atoms with Gasteiger partial charge < -0.3 is 11.1 Å². The molecular weight excluding hydrogens is 403 g/mol. The summed E-state index contributed by atoms with van der Waals surface area (Å²) in [6.45, 7) is 1.88. The van der Waals surface area contributed by atoms with Gasteiger partial charge in [0.2, 0.25) is 0 Å². The second kappa shape index (κ2) is 8.22. The molecule has 4 N–H and O–H groups in total. The third kappa shape index (κ3) is 4.23. The van der Waals surface area contributed by atoms with Crippen molar-refractivity contribution in [2.75, 3.05) is 25.2 Å². The Kier molecular flexibility index (Phi) is 6.11. The lowest BCUT2D eigenvalue weighted by atomic mass is 9.92. The average Bonchev–Trinajstić information content (AvgIpc) is 2.66. The molecule has 0 spiro atoms. The Labute approximate surface area is 170 Å². The molecule has 7 nitrogen and oxygen atoms in total. The van der Waals surface area contributed by atoms with Crippen molar-refractivity contribution >= 4 is 34.1 Å². The maximum atomic E-state index is 14.7. The van der Waals surface area contributed by atoms with Crippen molar-refractivity contribution in [1.29, 1.82) is 0 Å². The van der Waals surface area contributed by atoms with Gasteiger partial charge in [-0.2, -0.15) is 0 Å². The van der Waals surface area contributed by atoms with Gasteiger partial charge in [-0.05, 0) is 48.1 Å². The van der Waals surface area contributed by atoms with Crippen LogP contribution in [-0.2, 0) is 16.4 Å². The number of carbonyl (C=O) groups excluding carboxylic acids is 1. The first-order valence-electron chi connectivity index (χ1n) is 8.53. The minimum atomic E-state index is -0.738. The summed E-state index contributed by atoms with van der Waals surface area (Å²) in [6.07, 6.45) is 0.925. The molecule has 1 aromatic carbocycles. The maximum absolute atomic E-state index is 14.7. The standard InChI is InChI=1S/C18H22ClFN6OS/c1-18(10-28(22-2)26(3)17(21)25-18)13-8-12(5-6-14(13)20)24-16(27)15-7-4-11(19)9-23-15/h4-9,17,25H,10,21H2,1-3H3,(H,24,27)/t17?,18-,28+/m0/s1. The number of anilines is 1. The highest BCUT2D eigenvalue weighted by Crippen LogP contribution is 2.31. The summed E-state index contributed by atoms with van der Waals surface area (Å²) in [5.41, 5.74) is 6.52. The van der Waals surface area contributed by atoms with Gasteiger partial charge in [-0.1, -0.05) is 11.6 Å². The van der Waals surface area contributed by atoms with Crippen LogP contribution in [0.4, 0.5) is 10.1 Å². The summed E-state index contributed by atoms with van der Waals surface area (Å²) in [6, 6.07) is 7.56. The molecule has 0 radical (unpaired) electrons.